The van der Waals surface area contributed by atoms with Crippen LogP contribution in [0.25, 0.3) is 0 Å². The maximum Gasteiger partial charge on any atom is 0.291 e. The first-order chi connectivity index (χ1) is 14.2. The number of nitrogens with one attached hydrogen (secondary N) is 1. The molecule has 30 heavy (non-hydrogen) atoms. The second-order valence-electron chi connectivity index (χ2n) is 8.01. The Morgan fingerprint density at radius 2 is 2.00 bits per heavy atom. The van der Waals surface area contributed by atoms with E-state index in [0.29, 0.717) is 22.9 Å². The minimum atomic E-state index is -1.06. The van der Waals surface area contributed by atoms with Crippen molar-refractivity contribution in [2.24, 2.45) is 5.92 Å². The average Bonchev–Trinajstić information content (AvgIpc) is 3.20. The van der Waals surface area contributed by atoms with E-state index in [9.17, 15) is 14.4 Å². The molecule has 0 radical (unpaired) electrons. The van der Waals surface area contributed by atoms with Crippen LogP contribution in [0.2, 0.25) is 0 Å². The van der Waals surface area contributed by atoms with Gasteiger partial charge in [-0.25, -0.2) is 4.98 Å². The minimum absolute atomic E-state index is 0.0677. The number of hydrogen-bond donors (Lipinski definition) is 1. The van der Waals surface area contributed by atoms with Gasteiger partial charge in [0.1, 0.15) is 17.9 Å². The fraction of sp³-hybridized carbons (Fsp3) is 0.429. The Bertz CT molecular complexity index is 1030. The molecule has 3 heterocycles. The van der Waals surface area contributed by atoms with Crippen LogP contribution in [0, 0.1) is 19.8 Å². The number of carbonyl (C=O) groups excluding carboxylic acids is 3. The summed E-state index contributed by atoms with van der Waals surface area (Å²) < 4.78 is 11.4. The summed E-state index contributed by atoms with van der Waals surface area (Å²) in [5.41, 5.74) is -0.171. The second kappa shape index (κ2) is 7.16. The van der Waals surface area contributed by atoms with Crippen LogP contribution < -0.4 is 10.1 Å². The molecule has 0 unspecified atom stereocenters. The van der Waals surface area contributed by atoms with Gasteiger partial charge in [0.05, 0.1) is 17.2 Å². The minimum Gasteiger partial charge on any atom is -0.490 e. The molecule has 2 aromatic rings. The normalized spacial score (nSPS) is 22.9. The monoisotopic (exact) mass is 412 g/mol. The van der Waals surface area contributed by atoms with Crippen molar-refractivity contribution in [3.63, 3.8) is 0 Å². The number of nitrogens with zero attached hydrogens (tertiary/aromatic N) is 3. The predicted octanol–water partition coefficient (Wildman–Crippen LogP) is 1.01. The summed E-state index contributed by atoms with van der Waals surface area (Å²) in [6, 6.07) is 6.92. The maximum atomic E-state index is 13.1. The number of amides is 3. The molecule has 0 saturated carbocycles. The first-order valence-corrected chi connectivity index (χ1v) is 9.70. The van der Waals surface area contributed by atoms with E-state index in [0.717, 1.165) is 0 Å². The van der Waals surface area contributed by atoms with Crippen molar-refractivity contribution in [1.82, 2.24) is 20.1 Å². The summed E-state index contributed by atoms with van der Waals surface area (Å²) in [5, 5.41) is 3.00. The van der Waals surface area contributed by atoms with Crippen LogP contribution >= 0.6 is 0 Å². The number of ether oxygens (including phenoxy) is 1. The smallest absolute Gasteiger partial charge is 0.291 e. The number of carbonyl (C=O) groups is 3. The van der Waals surface area contributed by atoms with E-state index in [1.54, 1.807) is 52.2 Å². The zero-order valence-corrected chi connectivity index (χ0v) is 17.4. The Labute approximate surface area is 174 Å². The molecule has 2 aliphatic heterocycles. The lowest BCUT2D eigenvalue weighted by atomic mass is 9.86. The number of benzene rings is 1. The molecule has 1 aromatic carbocycles. The molecule has 2 atom stereocenters. The van der Waals surface area contributed by atoms with Crippen molar-refractivity contribution in [1.29, 1.82) is 0 Å². The molecule has 1 N–H and O–H groups in total. The van der Waals surface area contributed by atoms with Gasteiger partial charge in [-0.2, -0.15) is 0 Å². The van der Waals surface area contributed by atoms with Crippen LogP contribution in [-0.2, 0) is 4.79 Å². The van der Waals surface area contributed by atoms with Crippen molar-refractivity contribution in [2.75, 3.05) is 33.8 Å². The van der Waals surface area contributed by atoms with Crippen LogP contribution in [-0.4, -0.2) is 71.8 Å². The van der Waals surface area contributed by atoms with Crippen LogP contribution in [0.5, 0.6) is 5.75 Å². The summed E-state index contributed by atoms with van der Waals surface area (Å²) in [4.78, 5) is 46.3. The molecule has 1 spiro atoms. The van der Waals surface area contributed by atoms with E-state index in [1.165, 1.54) is 9.80 Å². The molecule has 158 valence electrons. The Morgan fingerprint density at radius 1 is 1.27 bits per heavy atom. The summed E-state index contributed by atoms with van der Waals surface area (Å²) in [6.45, 7) is 3.69. The number of fused-ring (bicyclic) bond motifs is 1. The molecule has 9 nitrogen and oxygen atoms in total. The van der Waals surface area contributed by atoms with Gasteiger partial charge in [0.15, 0.2) is 5.89 Å². The van der Waals surface area contributed by atoms with E-state index in [2.05, 4.69) is 10.3 Å². The summed E-state index contributed by atoms with van der Waals surface area (Å²) >= 11 is 0. The third-order valence-corrected chi connectivity index (χ3v) is 5.65. The number of likely N-dealkylation sites (tertiary alicyclic amines) is 1. The Kier molecular flexibility index (Phi) is 4.76. The number of aromatic nitrogens is 1. The summed E-state index contributed by atoms with van der Waals surface area (Å²) in [6.07, 6.45) is 0. The van der Waals surface area contributed by atoms with Gasteiger partial charge in [0.2, 0.25) is 11.7 Å². The highest BCUT2D eigenvalue weighted by atomic mass is 16.5. The molecule has 1 saturated heterocycles. The van der Waals surface area contributed by atoms with Crippen molar-refractivity contribution in [3.8, 4) is 5.75 Å². The first-order valence-electron chi connectivity index (χ1n) is 9.70. The highest BCUT2D eigenvalue weighted by molar-refractivity contribution is 5.99. The zero-order chi connectivity index (χ0) is 21.6. The van der Waals surface area contributed by atoms with E-state index < -0.39 is 11.5 Å². The largest absolute Gasteiger partial charge is 0.490 e. The highest BCUT2D eigenvalue weighted by Crippen LogP contribution is 2.35. The summed E-state index contributed by atoms with van der Waals surface area (Å²) in [7, 11) is 3.30. The van der Waals surface area contributed by atoms with Crippen LogP contribution in [0.3, 0.4) is 0 Å². The maximum absolute atomic E-state index is 13.1. The van der Waals surface area contributed by atoms with E-state index in [-0.39, 0.29) is 43.2 Å². The lowest BCUT2D eigenvalue weighted by Gasteiger charge is -2.33. The molecule has 1 fully saturated rings. The van der Waals surface area contributed by atoms with Gasteiger partial charge in [-0.15, -0.1) is 0 Å². The van der Waals surface area contributed by atoms with Gasteiger partial charge in [-0.05, 0) is 19.1 Å². The second-order valence-corrected chi connectivity index (χ2v) is 8.01. The van der Waals surface area contributed by atoms with Crippen molar-refractivity contribution >= 4 is 17.7 Å². The van der Waals surface area contributed by atoms with E-state index in [1.807, 2.05) is 0 Å². The van der Waals surface area contributed by atoms with Gasteiger partial charge in [-0.3, -0.25) is 14.4 Å². The van der Waals surface area contributed by atoms with Crippen molar-refractivity contribution in [3.05, 3.63) is 47.2 Å². The average molecular weight is 412 g/mol. The van der Waals surface area contributed by atoms with Gasteiger partial charge in [0.25, 0.3) is 11.8 Å². The standard InChI is InChI=1S/C21H24N4O5/c1-12-17(30-13(2)22-12)20(28)25-9-15(19(27)24(3)4)21(10-25)11-29-16-8-6-5-7-14(16)18(26)23-21/h5-8,15H,9-11H2,1-4H3,(H,23,26)/t15-,21-/m1/s1. The number of para-hydroxylation sites is 1. The molecule has 4 rings (SSSR count). The van der Waals surface area contributed by atoms with E-state index >= 15 is 0 Å². The van der Waals surface area contributed by atoms with Gasteiger partial charge in [-0.1, -0.05) is 12.1 Å². The lowest BCUT2D eigenvalue weighted by molar-refractivity contribution is -0.134. The SMILES string of the molecule is Cc1nc(C)c(C(=O)N2C[C@H](C(=O)N(C)C)[C@]3(COc4ccccc4C(=O)N3)C2)o1. The van der Waals surface area contributed by atoms with Gasteiger partial charge in [0, 0.05) is 34.1 Å². The van der Waals surface area contributed by atoms with Crippen LogP contribution in [0.4, 0.5) is 0 Å². The topological polar surface area (TPSA) is 105 Å². The summed E-state index contributed by atoms with van der Waals surface area (Å²) in [5.74, 6) is -0.561. The first kappa shape index (κ1) is 19.9. The van der Waals surface area contributed by atoms with Gasteiger partial charge < -0.3 is 24.3 Å². The predicted molar refractivity (Wildman–Crippen MR) is 106 cm³/mol. The molecule has 3 amide bonds. The molecule has 0 aliphatic carbocycles. The zero-order valence-electron chi connectivity index (χ0n) is 17.4. The van der Waals surface area contributed by atoms with Crippen LogP contribution in [0.1, 0.15) is 32.5 Å². The van der Waals surface area contributed by atoms with Gasteiger partial charge >= 0.3 is 0 Å². The molecule has 1 aromatic heterocycles. The third kappa shape index (κ3) is 3.20. The van der Waals surface area contributed by atoms with Crippen molar-refractivity contribution in [2.45, 2.75) is 19.4 Å². The fourth-order valence-corrected chi connectivity index (χ4v) is 4.15. The molecular formula is C21H24N4O5. The Balaban J connectivity index is 1.70. The fourth-order valence-electron chi connectivity index (χ4n) is 4.15. The Hall–Kier alpha value is -3.36. The number of rotatable bonds is 2. The molecule has 9 heteroatoms. The van der Waals surface area contributed by atoms with Crippen molar-refractivity contribution < 1.29 is 23.5 Å². The molecule has 0 bridgehead atoms. The third-order valence-electron chi connectivity index (χ3n) is 5.65. The van der Waals surface area contributed by atoms with E-state index in [4.69, 9.17) is 9.15 Å². The number of oxazole rings is 1. The quantitative estimate of drug-likeness (QED) is 0.790. The molecular weight excluding hydrogens is 388 g/mol. The number of aryl methyl sites for hydroxylation is 2. The Morgan fingerprint density at radius 3 is 2.67 bits per heavy atom. The lowest BCUT2D eigenvalue weighted by Crippen LogP contribution is -2.60. The van der Waals surface area contributed by atoms with Crippen LogP contribution in [0.15, 0.2) is 28.7 Å². The molecule has 2 aliphatic rings. The highest BCUT2D eigenvalue weighted by Gasteiger charge is 2.55. The number of hydrogen-bond acceptors (Lipinski definition) is 6.